The second kappa shape index (κ2) is 7.28. The lowest BCUT2D eigenvalue weighted by Crippen LogP contribution is -2.21. The van der Waals surface area contributed by atoms with Gasteiger partial charge in [0.2, 0.25) is 0 Å². The third kappa shape index (κ3) is 4.91. The summed E-state index contributed by atoms with van der Waals surface area (Å²) in [4.78, 5) is 0. The molecule has 2 nitrogen and oxygen atoms in total. The molecule has 112 valence electrons. The summed E-state index contributed by atoms with van der Waals surface area (Å²) in [5.41, 5.74) is 3.72. The van der Waals surface area contributed by atoms with E-state index in [4.69, 9.17) is 4.74 Å². The first kappa shape index (κ1) is 15.6. The van der Waals surface area contributed by atoms with Gasteiger partial charge in [0.1, 0.15) is 5.75 Å². The molecule has 0 aliphatic heterocycles. The molecule has 2 aromatic rings. The number of benzene rings is 2. The van der Waals surface area contributed by atoms with Gasteiger partial charge in [0.15, 0.2) is 0 Å². The average molecular weight is 283 g/mol. The SMILES string of the molecule is CC(C)NCc1ccc(-c2cccc(OC(C)C)c2)cc1. The maximum Gasteiger partial charge on any atom is 0.120 e. The van der Waals surface area contributed by atoms with Crippen LogP contribution in [0.1, 0.15) is 33.3 Å². The molecule has 21 heavy (non-hydrogen) atoms. The third-order valence-electron chi connectivity index (χ3n) is 3.21. The summed E-state index contributed by atoms with van der Waals surface area (Å²) in [7, 11) is 0. The van der Waals surface area contributed by atoms with Crippen LogP contribution < -0.4 is 10.1 Å². The van der Waals surface area contributed by atoms with Crippen LogP contribution >= 0.6 is 0 Å². The van der Waals surface area contributed by atoms with Crippen molar-refractivity contribution in [1.29, 1.82) is 0 Å². The quantitative estimate of drug-likeness (QED) is 0.834. The first-order chi connectivity index (χ1) is 10.0. The third-order valence-corrected chi connectivity index (χ3v) is 3.21. The Morgan fingerprint density at radius 3 is 2.24 bits per heavy atom. The predicted octanol–water partition coefficient (Wildman–Crippen LogP) is 4.64. The molecule has 0 aromatic heterocycles. The Balaban J connectivity index is 2.11. The smallest absolute Gasteiger partial charge is 0.120 e. The fourth-order valence-corrected chi connectivity index (χ4v) is 2.16. The van der Waals surface area contributed by atoms with Crippen LogP contribution in [0.4, 0.5) is 0 Å². The zero-order valence-electron chi connectivity index (χ0n) is 13.4. The lowest BCUT2D eigenvalue weighted by atomic mass is 10.0. The zero-order valence-corrected chi connectivity index (χ0v) is 13.4. The molecule has 0 saturated carbocycles. The van der Waals surface area contributed by atoms with Crippen LogP contribution in [-0.2, 0) is 6.54 Å². The predicted molar refractivity (Wildman–Crippen MR) is 89.6 cm³/mol. The van der Waals surface area contributed by atoms with Crippen LogP contribution in [-0.4, -0.2) is 12.1 Å². The van der Waals surface area contributed by atoms with Gasteiger partial charge in [-0.2, -0.15) is 0 Å². The minimum atomic E-state index is 0.199. The van der Waals surface area contributed by atoms with Crippen LogP contribution in [0.15, 0.2) is 48.5 Å². The van der Waals surface area contributed by atoms with Crippen molar-refractivity contribution in [3.63, 3.8) is 0 Å². The van der Waals surface area contributed by atoms with Crippen molar-refractivity contribution in [3.05, 3.63) is 54.1 Å². The molecule has 0 aliphatic rings. The van der Waals surface area contributed by atoms with Gasteiger partial charge in [-0.15, -0.1) is 0 Å². The Labute approximate surface area is 128 Å². The van der Waals surface area contributed by atoms with Crippen LogP contribution in [0.3, 0.4) is 0 Å². The molecular weight excluding hydrogens is 258 g/mol. The largest absolute Gasteiger partial charge is 0.491 e. The van der Waals surface area contributed by atoms with Crippen molar-refractivity contribution in [2.45, 2.75) is 46.4 Å². The molecular formula is C19H25NO. The van der Waals surface area contributed by atoms with Crippen LogP contribution in [0.25, 0.3) is 11.1 Å². The van der Waals surface area contributed by atoms with Crippen molar-refractivity contribution < 1.29 is 4.74 Å². The molecule has 0 bridgehead atoms. The molecule has 2 aromatic carbocycles. The van der Waals surface area contributed by atoms with E-state index in [9.17, 15) is 0 Å². The molecule has 0 saturated heterocycles. The van der Waals surface area contributed by atoms with E-state index in [2.05, 4.69) is 55.6 Å². The highest BCUT2D eigenvalue weighted by Gasteiger charge is 2.02. The highest BCUT2D eigenvalue weighted by atomic mass is 16.5. The van der Waals surface area contributed by atoms with Gasteiger partial charge in [-0.3, -0.25) is 0 Å². The molecule has 2 heteroatoms. The Hall–Kier alpha value is -1.80. The summed E-state index contributed by atoms with van der Waals surface area (Å²) in [6.45, 7) is 9.32. The van der Waals surface area contributed by atoms with Crippen molar-refractivity contribution in [3.8, 4) is 16.9 Å². The van der Waals surface area contributed by atoms with Gasteiger partial charge in [-0.1, -0.05) is 50.2 Å². The van der Waals surface area contributed by atoms with Gasteiger partial charge in [0.05, 0.1) is 6.10 Å². The van der Waals surface area contributed by atoms with E-state index >= 15 is 0 Å². The number of nitrogens with one attached hydrogen (secondary N) is 1. The molecule has 2 rings (SSSR count). The fourth-order valence-electron chi connectivity index (χ4n) is 2.16. The minimum absolute atomic E-state index is 0.199. The van der Waals surface area contributed by atoms with E-state index < -0.39 is 0 Å². The van der Waals surface area contributed by atoms with Crippen molar-refractivity contribution >= 4 is 0 Å². The lowest BCUT2D eigenvalue weighted by molar-refractivity contribution is 0.242. The molecule has 0 atom stereocenters. The summed E-state index contributed by atoms with van der Waals surface area (Å²) < 4.78 is 5.75. The number of rotatable bonds is 6. The molecule has 0 radical (unpaired) electrons. The first-order valence-electron chi connectivity index (χ1n) is 7.64. The Morgan fingerprint density at radius 1 is 0.905 bits per heavy atom. The maximum atomic E-state index is 5.75. The van der Waals surface area contributed by atoms with E-state index in [1.165, 1.54) is 16.7 Å². The summed E-state index contributed by atoms with van der Waals surface area (Å²) in [5.74, 6) is 0.924. The number of ether oxygens (including phenoxy) is 1. The molecule has 0 fully saturated rings. The molecule has 0 spiro atoms. The van der Waals surface area contributed by atoms with Crippen LogP contribution in [0.5, 0.6) is 5.75 Å². The highest BCUT2D eigenvalue weighted by Crippen LogP contribution is 2.24. The maximum absolute atomic E-state index is 5.75. The summed E-state index contributed by atoms with van der Waals surface area (Å²) >= 11 is 0. The zero-order chi connectivity index (χ0) is 15.2. The molecule has 1 N–H and O–H groups in total. The second-order valence-corrected chi connectivity index (χ2v) is 5.93. The van der Waals surface area contributed by atoms with E-state index in [-0.39, 0.29) is 6.10 Å². The van der Waals surface area contributed by atoms with Gasteiger partial charge in [0.25, 0.3) is 0 Å². The van der Waals surface area contributed by atoms with Crippen molar-refractivity contribution in [1.82, 2.24) is 5.32 Å². The van der Waals surface area contributed by atoms with Gasteiger partial charge in [-0.05, 0) is 42.7 Å². The lowest BCUT2D eigenvalue weighted by Gasteiger charge is -2.12. The van der Waals surface area contributed by atoms with E-state index in [0.29, 0.717) is 6.04 Å². The number of hydrogen-bond acceptors (Lipinski definition) is 2. The van der Waals surface area contributed by atoms with E-state index in [1.54, 1.807) is 0 Å². The molecule has 0 heterocycles. The topological polar surface area (TPSA) is 21.3 Å². The summed E-state index contributed by atoms with van der Waals surface area (Å²) in [6, 6.07) is 17.5. The highest BCUT2D eigenvalue weighted by molar-refractivity contribution is 5.65. The standard InChI is InChI=1S/C19H25NO/c1-14(2)20-13-16-8-10-17(11-9-16)18-6-5-7-19(12-18)21-15(3)4/h5-12,14-15,20H,13H2,1-4H3. The molecule has 0 aliphatic carbocycles. The Morgan fingerprint density at radius 2 is 1.62 bits per heavy atom. The average Bonchev–Trinajstić information content (AvgIpc) is 2.45. The van der Waals surface area contributed by atoms with Crippen LogP contribution in [0, 0.1) is 0 Å². The van der Waals surface area contributed by atoms with Gasteiger partial charge < -0.3 is 10.1 Å². The minimum Gasteiger partial charge on any atom is -0.491 e. The van der Waals surface area contributed by atoms with E-state index in [1.807, 2.05) is 26.0 Å². The monoisotopic (exact) mass is 283 g/mol. The van der Waals surface area contributed by atoms with Gasteiger partial charge >= 0.3 is 0 Å². The second-order valence-electron chi connectivity index (χ2n) is 5.93. The van der Waals surface area contributed by atoms with Gasteiger partial charge in [-0.25, -0.2) is 0 Å². The Kier molecular flexibility index (Phi) is 5.40. The van der Waals surface area contributed by atoms with E-state index in [0.717, 1.165) is 12.3 Å². The van der Waals surface area contributed by atoms with Crippen molar-refractivity contribution in [2.24, 2.45) is 0 Å². The normalized spacial score (nSPS) is 11.1. The van der Waals surface area contributed by atoms with Gasteiger partial charge in [0, 0.05) is 12.6 Å². The number of hydrogen-bond donors (Lipinski definition) is 1. The molecule has 0 amide bonds. The first-order valence-corrected chi connectivity index (χ1v) is 7.64. The fraction of sp³-hybridized carbons (Fsp3) is 0.368. The Bertz CT molecular complexity index is 558. The van der Waals surface area contributed by atoms with Crippen molar-refractivity contribution in [2.75, 3.05) is 0 Å². The van der Waals surface area contributed by atoms with Crippen LogP contribution in [0.2, 0.25) is 0 Å². The molecule has 0 unspecified atom stereocenters. The summed E-state index contributed by atoms with van der Waals surface area (Å²) in [6.07, 6.45) is 0.199. The summed E-state index contributed by atoms with van der Waals surface area (Å²) in [5, 5.41) is 3.43.